The van der Waals surface area contributed by atoms with Gasteiger partial charge in [-0.05, 0) is 42.7 Å². The Labute approximate surface area is 141 Å². The lowest BCUT2D eigenvalue weighted by molar-refractivity contribution is -0.125. The number of rotatable bonds is 3. The Morgan fingerprint density at radius 2 is 2.13 bits per heavy atom. The molecule has 1 unspecified atom stereocenters. The Morgan fingerprint density at radius 1 is 1.26 bits per heavy atom. The first kappa shape index (κ1) is 15.9. The van der Waals surface area contributed by atoms with Gasteiger partial charge in [-0.25, -0.2) is 0 Å². The monoisotopic (exact) mass is 327 g/mol. The molecule has 1 aromatic heterocycles. The highest BCUT2D eigenvalue weighted by Crippen LogP contribution is 2.35. The highest BCUT2D eigenvalue weighted by Gasteiger charge is 2.21. The van der Waals surface area contributed by atoms with Gasteiger partial charge >= 0.3 is 0 Å². The highest BCUT2D eigenvalue weighted by atomic mass is 32.2. The lowest BCUT2D eigenvalue weighted by Crippen LogP contribution is -2.31. The van der Waals surface area contributed by atoms with Gasteiger partial charge in [-0.3, -0.25) is 4.79 Å². The molecular weight excluding hydrogens is 306 g/mol. The van der Waals surface area contributed by atoms with E-state index in [2.05, 4.69) is 31.2 Å². The van der Waals surface area contributed by atoms with Crippen molar-refractivity contribution in [2.45, 2.75) is 18.6 Å². The summed E-state index contributed by atoms with van der Waals surface area (Å²) in [4.78, 5) is 14.3. The van der Waals surface area contributed by atoms with Crippen molar-refractivity contribution >= 4 is 23.7 Å². The topological polar surface area (TPSA) is 33.5 Å². The van der Waals surface area contributed by atoms with E-state index in [1.807, 2.05) is 28.8 Å². The molecule has 0 spiro atoms. The third kappa shape index (κ3) is 4.08. The van der Waals surface area contributed by atoms with Gasteiger partial charge in [0.05, 0.1) is 6.26 Å². The third-order valence-electron chi connectivity index (χ3n) is 4.12. The number of nitrogens with zero attached hydrogens (tertiary/aromatic N) is 1. The molecule has 0 N–H and O–H groups in total. The van der Waals surface area contributed by atoms with Gasteiger partial charge in [0.2, 0.25) is 5.91 Å². The van der Waals surface area contributed by atoms with E-state index in [1.165, 1.54) is 11.1 Å². The van der Waals surface area contributed by atoms with E-state index in [-0.39, 0.29) is 5.91 Å². The predicted molar refractivity (Wildman–Crippen MR) is 95.3 cm³/mol. The summed E-state index contributed by atoms with van der Waals surface area (Å²) in [7, 11) is 0. The Hall–Kier alpha value is -1.94. The predicted octanol–water partition coefficient (Wildman–Crippen LogP) is 4.31. The van der Waals surface area contributed by atoms with E-state index in [0.29, 0.717) is 11.0 Å². The van der Waals surface area contributed by atoms with Crippen LogP contribution in [0.3, 0.4) is 0 Å². The van der Waals surface area contributed by atoms with E-state index < -0.39 is 0 Å². The summed E-state index contributed by atoms with van der Waals surface area (Å²) < 4.78 is 5.22. The highest BCUT2D eigenvalue weighted by molar-refractivity contribution is 7.99. The molecule has 1 atom stereocenters. The van der Waals surface area contributed by atoms with Gasteiger partial charge in [-0.2, -0.15) is 11.8 Å². The van der Waals surface area contributed by atoms with Crippen molar-refractivity contribution in [2.24, 2.45) is 0 Å². The largest absolute Gasteiger partial charge is 0.465 e. The molecule has 3 rings (SSSR count). The van der Waals surface area contributed by atoms with Crippen molar-refractivity contribution < 1.29 is 9.21 Å². The molecule has 1 aromatic carbocycles. The van der Waals surface area contributed by atoms with Crippen molar-refractivity contribution in [3.05, 3.63) is 65.6 Å². The molecule has 1 amide bonds. The Kier molecular flexibility index (Phi) is 5.23. The Balaban J connectivity index is 1.62. The fraction of sp³-hybridized carbons (Fsp3) is 0.316. The zero-order valence-corrected chi connectivity index (χ0v) is 14.1. The summed E-state index contributed by atoms with van der Waals surface area (Å²) in [5.41, 5.74) is 2.74. The number of hydrogen-bond acceptors (Lipinski definition) is 3. The summed E-state index contributed by atoms with van der Waals surface area (Å²) in [6.07, 6.45) is 5.95. The molecule has 3 nitrogen and oxygen atoms in total. The summed E-state index contributed by atoms with van der Waals surface area (Å²) in [5, 5.41) is 0.475. The summed E-state index contributed by atoms with van der Waals surface area (Å²) in [5.74, 6) is 1.74. The molecule has 2 heterocycles. The lowest BCUT2D eigenvalue weighted by Gasteiger charge is -2.19. The normalized spacial score (nSPS) is 19.0. The van der Waals surface area contributed by atoms with Gasteiger partial charge in [0.15, 0.2) is 0 Å². The number of thioether (sulfide) groups is 1. The van der Waals surface area contributed by atoms with Crippen LogP contribution < -0.4 is 0 Å². The molecule has 0 bridgehead atoms. The van der Waals surface area contributed by atoms with Crippen LogP contribution in [-0.4, -0.2) is 29.6 Å². The second-order valence-corrected chi connectivity index (χ2v) is 6.99. The van der Waals surface area contributed by atoms with Crippen LogP contribution in [0.15, 0.2) is 53.2 Å². The van der Waals surface area contributed by atoms with E-state index in [0.717, 1.165) is 25.3 Å². The third-order valence-corrected chi connectivity index (χ3v) is 5.43. The molecule has 0 radical (unpaired) electrons. The van der Waals surface area contributed by atoms with Crippen LogP contribution in [0.25, 0.3) is 6.08 Å². The maximum absolute atomic E-state index is 12.3. The number of aryl methyl sites for hydroxylation is 1. The molecule has 0 aliphatic carbocycles. The first-order valence-corrected chi connectivity index (χ1v) is 8.96. The van der Waals surface area contributed by atoms with Crippen LogP contribution in [0.4, 0.5) is 0 Å². The number of furan rings is 1. The van der Waals surface area contributed by atoms with Crippen LogP contribution >= 0.6 is 11.8 Å². The minimum atomic E-state index is 0.0624. The van der Waals surface area contributed by atoms with Gasteiger partial charge in [0.1, 0.15) is 5.76 Å². The SMILES string of the molecule is Cc1ccccc1C1CCN(C(=O)/C=C/c2ccco2)CCS1. The Bertz CT molecular complexity index is 678. The standard InChI is InChI=1S/C19H21NO2S/c1-15-5-2-3-7-17(15)18-10-11-20(12-14-23-18)19(21)9-8-16-6-4-13-22-16/h2-9,13,18H,10-12,14H2,1H3/b9-8+. The van der Waals surface area contributed by atoms with Crippen LogP contribution in [0.5, 0.6) is 0 Å². The van der Waals surface area contributed by atoms with Crippen molar-refractivity contribution in [1.29, 1.82) is 0 Å². The second kappa shape index (κ2) is 7.55. The van der Waals surface area contributed by atoms with Crippen molar-refractivity contribution in [3.8, 4) is 0 Å². The molecule has 0 saturated carbocycles. The maximum atomic E-state index is 12.3. The van der Waals surface area contributed by atoms with Gasteiger partial charge in [-0.1, -0.05) is 24.3 Å². The van der Waals surface area contributed by atoms with Crippen LogP contribution in [0.2, 0.25) is 0 Å². The first-order chi connectivity index (χ1) is 11.2. The average molecular weight is 327 g/mol. The van der Waals surface area contributed by atoms with Crippen molar-refractivity contribution in [1.82, 2.24) is 4.90 Å². The fourth-order valence-electron chi connectivity index (χ4n) is 2.83. The molecule has 4 heteroatoms. The molecule has 2 aromatic rings. The number of carbonyl (C=O) groups excluding carboxylic acids is 1. The molecule has 1 aliphatic heterocycles. The summed E-state index contributed by atoms with van der Waals surface area (Å²) >= 11 is 1.95. The van der Waals surface area contributed by atoms with E-state index in [1.54, 1.807) is 18.4 Å². The molecule has 1 aliphatic rings. The molecule has 120 valence electrons. The van der Waals surface area contributed by atoms with E-state index in [4.69, 9.17) is 4.42 Å². The van der Waals surface area contributed by atoms with Gasteiger partial charge in [0, 0.05) is 30.2 Å². The van der Waals surface area contributed by atoms with Gasteiger partial charge < -0.3 is 9.32 Å². The van der Waals surface area contributed by atoms with Crippen LogP contribution in [0, 0.1) is 6.92 Å². The minimum absolute atomic E-state index is 0.0624. The first-order valence-electron chi connectivity index (χ1n) is 7.91. The van der Waals surface area contributed by atoms with Crippen LogP contribution in [-0.2, 0) is 4.79 Å². The van der Waals surface area contributed by atoms with E-state index >= 15 is 0 Å². The summed E-state index contributed by atoms with van der Waals surface area (Å²) in [6, 6.07) is 12.2. The second-order valence-electron chi connectivity index (χ2n) is 5.68. The van der Waals surface area contributed by atoms with Crippen molar-refractivity contribution in [2.75, 3.05) is 18.8 Å². The van der Waals surface area contributed by atoms with Gasteiger partial charge in [-0.15, -0.1) is 0 Å². The number of hydrogen-bond donors (Lipinski definition) is 0. The zero-order valence-electron chi connectivity index (χ0n) is 13.3. The van der Waals surface area contributed by atoms with Crippen molar-refractivity contribution in [3.63, 3.8) is 0 Å². The number of carbonyl (C=O) groups is 1. The Morgan fingerprint density at radius 3 is 2.91 bits per heavy atom. The molecule has 1 fully saturated rings. The molecule has 23 heavy (non-hydrogen) atoms. The smallest absolute Gasteiger partial charge is 0.246 e. The molecular formula is C19H21NO2S. The average Bonchev–Trinajstić information content (AvgIpc) is 2.96. The summed E-state index contributed by atoms with van der Waals surface area (Å²) in [6.45, 7) is 3.76. The minimum Gasteiger partial charge on any atom is -0.465 e. The van der Waals surface area contributed by atoms with E-state index in [9.17, 15) is 4.79 Å². The lowest BCUT2D eigenvalue weighted by atomic mass is 10.0. The zero-order chi connectivity index (χ0) is 16.1. The van der Waals surface area contributed by atoms with Crippen LogP contribution in [0.1, 0.15) is 28.6 Å². The molecule has 1 saturated heterocycles. The fourth-order valence-corrected chi connectivity index (χ4v) is 4.16. The number of amides is 1. The quantitative estimate of drug-likeness (QED) is 0.788. The van der Waals surface area contributed by atoms with Gasteiger partial charge in [0.25, 0.3) is 0 Å². The number of benzene rings is 1. The maximum Gasteiger partial charge on any atom is 0.246 e.